The lowest BCUT2D eigenvalue weighted by Crippen LogP contribution is -2.31. The minimum atomic E-state index is 0.226. The number of rotatable bonds is 4. The topological polar surface area (TPSA) is 49.5 Å². The molecule has 0 bridgehead atoms. The van der Waals surface area contributed by atoms with Gasteiger partial charge in [0.2, 0.25) is 0 Å². The molecular formula is C15H18N2O2. The number of aliphatic hydroxyl groups excluding tert-OH is 1. The maximum atomic E-state index is 9.31. The standard InChI is InChI=1S/C15H18N2O2/c18-11-14-7-4-8-17(14)10-13-9-15(19-16-13)12-5-2-1-3-6-12/h1-3,5-6,9,14,18H,4,7-8,10-11H2. The van der Waals surface area contributed by atoms with E-state index in [9.17, 15) is 5.11 Å². The molecule has 0 radical (unpaired) electrons. The van der Waals surface area contributed by atoms with E-state index in [0.29, 0.717) is 0 Å². The summed E-state index contributed by atoms with van der Waals surface area (Å²) >= 11 is 0. The van der Waals surface area contributed by atoms with Crippen molar-refractivity contribution in [3.8, 4) is 11.3 Å². The summed E-state index contributed by atoms with van der Waals surface area (Å²) in [6, 6.07) is 12.2. The van der Waals surface area contributed by atoms with Crippen LogP contribution < -0.4 is 0 Å². The van der Waals surface area contributed by atoms with E-state index in [1.165, 1.54) is 0 Å². The van der Waals surface area contributed by atoms with Crippen molar-refractivity contribution in [2.75, 3.05) is 13.2 Å². The van der Waals surface area contributed by atoms with Crippen molar-refractivity contribution < 1.29 is 9.63 Å². The van der Waals surface area contributed by atoms with Crippen LogP contribution in [0.2, 0.25) is 0 Å². The van der Waals surface area contributed by atoms with E-state index in [-0.39, 0.29) is 12.6 Å². The van der Waals surface area contributed by atoms with E-state index in [1.807, 2.05) is 36.4 Å². The second-order valence-electron chi connectivity index (χ2n) is 5.00. The van der Waals surface area contributed by atoms with Crippen LogP contribution in [0.25, 0.3) is 11.3 Å². The van der Waals surface area contributed by atoms with Gasteiger partial charge in [-0.3, -0.25) is 4.90 Å². The number of likely N-dealkylation sites (tertiary alicyclic amines) is 1. The number of aromatic nitrogens is 1. The van der Waals surface area contributed by atoms with Gasteiger partial charge < -0.3 is 9.63 Å². The fourth-order valence-corrected chi connectivity index (χ4v) is 2.64. The highest BCUT2D eigenvalue weighted by molar-refractivity contribution is 5.56. The Morgan fingerprint density at radius 1 is 1.32 bits per heavy atom. The summed E-state index contributed by atoms with van der Waals surface area (Å²) in [7, 11) is 0. The molecule has 4 nitrogen and oxygen atoms in total. The molecule has 100 valence electrons. The third-order valence-corrected chi connectivity index (χ3v) is 3.69. The molecule has 1 unspecified atom stereocenters. The smallest absolute Gasteiger partial charge is 0.167 e. The Labute approximate surface area is 112 Å². The van der Waals surface area contributed by atoms with E-state index < -0.39 is 0 Å². The van der Waals surface area contributed by atoms with Gasteiger partial charge in [0.1, 0.15) is 0 Å². The van der Waals surface area contributed by atoms with Crippen molar-refractivity contribution in [1.82, 2.24) is 10.1 Å². The van der Waals surface area contributed by atoms with E-state index in [1.54, 1.807) is 0 Å². The van der Waals surface area contributed by atoms with Gasteiger partial charge in [-0.2, -0.15) is 0 Å². The molecule has 19 heavy (non-hydrogen) atoms. The summed E-state index contributed by atoms with van der Waals surface area (Å²) in [4.78, 5) is 2.27. The van der Waals surface area contributed by atoms with Crippen molar-refractivity contribution in [2.45, 2.75) is 25.4 Å². The van der Waals surface area contributed by atoms with E-state index in [2.05, 4.69) is 10.1 Å². The van der Waals surface area contributed by atoms with E-state index in [0.717, 1.165) is 42.9 Å². The van der Waals surface area contributed by atoms with Gasteiger partial charge in [-0.15, -0.1) is 0 Å². The molecule has 0 amide bonds. The quantitative estimate of drug-likeness (QED) is 0.914. The van der Waals surface area contributed by atoms with Crippen molar-refractivity contribution in [3.05, 3.63) is 42.1 Å². The summed E-state index contributed by atoms with van der Waals surface area (Å²) < 4.78 is 5.39. The molecule has 1 saturated heterocycles. The van der Waals surface area contributed by atoms with Crippen LogP contribution in [-0.4, -0.2) is 34.4 Å². The number of aliphatic hydroxyl groups is 1. The highest BCUT2D eigenvalue weighted by Crippen LogP contribution is 2.23. The normalized spacial score (nSPS) is 19.9. The van der Waals surface area contributed by atoms with Gasteiger partial charge in [0.05, 0.1) is 12.3 Å². The van der Waals surface area contributed by atoms with Gasteiger partial charge >= 0.3 is 0 Å². The zero-order valence-electron chi connectivity index (χ0n) is 10.8. The molecule has 1 atom stereocenters. The third kappa shape index (κ3) is 2.69. The van der Waals surface area contributed by atoms with Crippen molar-refractivity contribution in [1.29, 1.82) is 0 Å². The number of hydrogen-bond acceptors (Lipinski definition) is 4. The molecule has 1 aromatic carbocycles. The van der Waals surface area contributed by atoms with Crippen molar-refractivity contribution in [2.24, 2.45) is 0 Å². The van der Waals surface area contributed by atoms with Gasteiger partial charge in [0.15, 0.2) is 5.76 Å². The lowest BCUT2D eigenvalue weighted by Gasteiger charge is -2.20. The molecule has 1 fully saturated rings. The Bertz CT molecular complexity index is 524. The summed E-state index contributed by atoms with van der Waals surface area (Å²) in [5.41, 5.74) is 1.97. The zero-order valence-corrected chi connectivity index (χ0v) is 10.8. The van der Waals surface area contributed by atoms with Crippen LogP contribution in [0.3, 0.4) is 0 Å². The Morgan fingerprint density at radius 3 is 2.95 bits per heavy atom. The predicted octanol–water partition coefficient (Wildman–Crippen LogP) is 2.30. The molecule has 3 rings (SSSR count). The van der Waals surface area contributed by atoms with Gasteiger partial charge in [-0.25, -0.2) is 0 Å². The van der Waals surface area contributed by atoms with E-state index in [4.69, 9.17) is 4.52 Å². The molecule has 1 aromatic heterocycles. The highest BCUT2D eigenvalue weighted by Gasteiger charge is 2.24. The first-order valence-corrected chi connectivity index (χ1v) is 6.73. The Kier molecular flexibility index (Phi) is 3.62. The van der Waals surface area contributed by atoms with Crippen LogP contribution in [0.15, 0.2) is 40.9 Å². The molecule has 4 heteroatoms. The highest BCUT2D eigenvalue weighted by atomic mass is 16.5. The second-order valence-corrected chi connectivity index (χ2v) is 5.00. The maximum absolute atomic E-state index is 9.31. The van der Waals surface area contributed by atoms with Gasteiger partial charge in [-0.05, 0) is 19.4 Å². The van der Waals surface area contributed by atoms with Gasteiger partial charge in [-0.1, -0.05) is 35.5 Å². The minimum absolute atomic E-state index is 0.226. The lowest BCUT2D eigenvalue weighted by molar-refractivity contribution is 0.151. The molecular weight excluding hydrogens is 240 g/mol. The summed E-state index contributed by atoms with van der Waals surface area (Å²) in [5.74, 6) is 0.801. The fourth-order valence-electron chi connectivity index (χ4n) is 2.64. The number of benzene rings is 1. The van der Waals surface area contributed by atoms with E-state index >= 15 is 0 Å². The van der Waals surface area contributed by atoms with Gasteiger partial charge in [0.25, 0.3) is 0 Å². The summed E-state index contributed by atoms with van der Waals surface area (Å²) in [6.45, 7) is 2.00. The first-order valence-electron chi connectivity index (χ1n) is 6.73. The number of nitrogens with zero attached hydrogens (tertiary/aromatic N) is 2. The number of hydrogen-bond donors (Lipinski definition) is 1. The lowest BCUT2D eigenvalue weighted by atomic mass is 10.1. The predicted molar refractivity (Wildman–Crippen MR) is 72.5 cm³/mol. The molecule has 0 spiro atoms. The first kappa shape index (κ1) is 12.4. The Hall–Kier alpha value is -1.65. The fraction of sp³-hybridized carbons (Fsp3) is 0.400. The molecule has 1 N–H and O–H groups in total. The van der Waals surface area contributed by atoms with Crippen LogP contribution in [0.4, 0.5) is 0 Å². The van der Waals surface area contributed by atoms with Crippen molar-refractivity contribution >= 4 is 0 Å². The summed E-state index contributed by atoms with van der Waals surface area (Å²) in [5, 5.41) is 13.4. The third-order valence-electron chi connectivity index (χ3n) is 3.69. The largest absolute Gasteiger partial charge is 0.395 e. The second kappa shape index (κ2) is 5.55. The SMILES string of the molecule is OCC1CCCN1Cc1cc(-c2ccccc2)on1. The average molecular weight is 258 g/mol. The molecule has 0 saturated carbocycles. The average Bonchev–Trinajstić information content (AvgIpc) is 3.09. The van der Waals surface area contributed by atoms with Gasteiger partial charge in [0, 0.05) is 24.2 Å². The molecule has 0 aliphatic carbocycles. The molecule has 2 heterocycles. The zero-order chi connectivity index (χ0) is 13.1. The molecule has 2 aromatic rings. The Balaban J connectivity index is 1.72. The first-order chi connectivity index (χ1) is 9.36. The van der Waals surface area contributed by atoms with Crippen molar-refractivity contribution in [3.63, 3.8) is 0 Å². The van der Waals surface area contributed by atoms with Crippen LogP contribution >= 0.6 is 0 Å². The van der Waals surface area contributed by atoms with Crippen LogP contribution in [0, 0.1) is 0 Å². The summed E-state index contributed by atoms with van der Waals surface area (Å²) in [6.07, 6.45) is 2.22. The monoisotopic (exact) mass is 258 g/mol. The van der Waals surface area contributed by atoms with Crippen LogP contribution in [0.5, 0.6) is 0 Å². The Morgan fingerprint density at radius 2 is 2.16 bits per heavy atom. The van der Waals surface area contributed by atoms with Crippen LogP contribution in [-0.2, 0) is 6.54 Å². The minimum Gasteiger partial charge on any atom is -0.395 e. The molecule has 1 aliphatic rings. The van der Waals surface area contributed by atoms with Crippen LogP contribution in [0.1, 0.15) is 18.5 Å². The maximum Gasteiger partial charge on any atom is 0.167 e. The molecule has 1 aliphatic heterocycles.